The van der Waals surface area contributed by atoms with Gasteiger partial charge in [-0.25, -0.2) is 0 Å². The molecule has 27 heavy (non-hydrogen) atoms. The highest BCUT2D eigenvalue weighted by Crippen LogP contribution is 2.25. The lowest BCUT2D eigenvalue weighted by atomic mass is 9.96. The number of H-pyrrole nitrogens is 1. The first-order valence-corrected chi connectivity index (χ1v) is 9.18. The Balaban J connectivity index is 1.28. The Hall–Kier alpha value is -3.22. The van der Waals surface area contributed by atoms with Crippen LogP contribution in [0.2, 0.25) is 0 Å². The van der Waals surface area contributed by atoms with Crippen LogP contribution in [0.4, 0.5) is 5.82 Å². The smallest absolute Gasteiger partial charge is 0.251 e. The average Bonchev–Trinajstić information content (AvgIpc) is 3.24. The van der Waals surface area contributed by atoms with Crippen molar-refractivity contribution in [3.05, 3.63) is 60.7 Å². The third-order valence-corrected chi connectivity index (χ3v) is 4.97. The molecule has 1 aliphatic rings. The number of aromatic amines is 1. The van der Waals surface area contributed by atoms with Gasteiger partial charge < -0.3 is 10.2 Å². The molecule has 0 atom stereocenters. The summed E-state index contributed by atoms with van der Waals surface area (Å²) in [5, 5.41) is 10.6. The molecule has 1 fully saturated rings. The number of rotatable bonds is 5. The van der Waals surface area contributed by atoms with Crippen LogP contribution in [0.1, 0.15) is 23.2 Å². The zero-order valence-corrected chi connectivity index (χ0v) is 15.0. The van der Waals surface area contributed by atoms with Crippen LogP contribution < -0.4 is 10.2 Å². The number of hydrogen-bond donors (Lipinski definition) is 2. The van der Waals surface area contributed by atoms with Gasteiger partial charge in [0, 0.05) is 61.6 Å². The summed E-state index contributed by atoms with van der Waals surface area (Å²) in [4.78, 5) is 22.5. The fraction of sp³-hybridized carbons (Fsp3) is 0.300. The molecule has 1 aliphatic heterocycles. The van der Waals surface area contributed by atoms with Crippen LogP contribution in [-0.2, 0) is 0 Å². The molecule has 0 unspecified atom stereocenters. The van der Waals surface area contributed by atoms with E-state index in [-0.39, 0.29) is 5.91 Å². The highest BCUT2D eigenvalue weighted by molar-refractivity contribution is 5.93. The van der Waals surface area contributed by atoms with Crippen molar-refractivity contribution < 1.29 is 4.79 Å². The number of pyridine rings is 2. The molecule has 1 saturated heterocycles. The fourth-order valence-electron chi connectivity index (χ4n) is 3.35. The van der Waals surface area contributed by atoms with Crippen LogP contribution in [0.15, 0.2) is 55.1 Å². The highest BCUT2D eigenvalue weighted by Gasteiger charge is 2.21. The summed E-state index contributed by atoms with van der Waals surface area (Å²) >= 11 is 0. The Labute approximate surface area is 157 Å². The van der Waals surface area contributed by atoms with Gasteiger partial charge in [0.05, 0.1) is 5.69 Å². The van der Waals surface area contributed by atoms with E-state index in [1.165, 1.54) is 0 Å². The van der Waals surface area contributed by atoms with Gasteiger partial charge in [0.15, 0.2) is 5.82 Å². The number of nitrogens with one attached hydrogen (secondary N) is 2. The monoisotopic (exact) mass is 362 g/mol. The first kappa shape index (κ1) is 17.2. The van der Waals surface area contributed by atoms with Crippen molar-refractivity contribution in [3.63, 3.8) is 0 Å². The molecule has 0 saturated carbocycles. The fourth-order valence-corrected chi connectivity index (χ4v) is 3.35. The summed E-state index contributed by atoms with van der Waals surface area (Å²) in [7, 11) is 0. The van der Waals surface area contributed by atoms with E-state index in [9.17, 15) is 4.79 Å². The predicted octanol–water partition coefficient (Wildman–Crippen LogP) is 2.51. The maximum Gasteiger partial charge on any atom is 0.251 e. The molecule has 1 amide bonds. The molecule has 4 heterocycles. The minimum Gasteiger partial charge on any atom is -0.355 e. The number of aromatic nitrogens is 4. The highest BCUT2D eigenvalue weighted by atomic mass is 16.1. The summed E-state index contributed by atoms with van der Waals surface area (Å²) in [6.07, 6.45) is 8.93. The van der Waals surface area contributed by atoms with E-state index < -0.39 is 0 Å². The molecule has 138 valence electrons. The lowest BCUT2D eigenvalue weighted by Gasteiger charge is -2.32. The largest absolute Gasteiger partial charge is 0.355 e. The van der Waals surface area contributed by atoms with E-state index >= 15 is 0 Å². The molecule has 7 nitrogen and oxygen atoms in total. The number of carbonyl (C=O) groups excluding carboxylic acids is 1. The van der Waals surface area contributed by atoms with Crippen molar-refractivity contribution in [2.24, 2.45) is 5.92 Å². The van der Waals surface area contributed by atoms with E-state index in [1.807, 2.05) is 18.3 Å². The first-order valence-electron chi connectivity index (χ1n) is 9.18. The molecule has 0 aromatic carbocycles. The normalized spacial score (nSPS) is 14.9. The Bertz CT molecular complexity index is 872. The molecule has 0 bridgehead atoms. The molecule has 0 radical (unpaired) electrons. The molecule has 2 N–H and O–H groups in total. The van der Waals surface area contributed by atoms with E-state index in [1.54, 1.807) is 30.7 Å². The van der Waals surface area contributed by atoms with Gasteiger partial charge in [0.25, 0.3) is 5.91 Å². The minimum atomic E-state index is -0.0340. The first-order chi connectivity index (χ1) is 13.3. The summed E-state index contributed by atoms with van der Waals surface area (Å²) in [5.41, 5.74) is 2.66. The van der Waals surface area contributed by atoms with Crippen LogP contribution in [0.25, 0.3) is 11.3 Å². The summed E-state index contributed by atoms with van der Waals surface area (Å²) in [6.45, 7) is 2.58. The van der Waals surface area contributed by atoms with Crippen molar-refractivity contribution in [2.45, 2.75) is 12.8 Å². The van der Waals surface area contributed by atoms with Crippen molar-refractivity contribution in [1.82, 2.24) is 25.5 Å². The molecule has 0 spiro atoms. The van der Waals surface area contributed by atoms with Gasteiger partial charge in [-0.3, -0.25) is 19.9 Å². The SMILES string of the molecule is O=C(NCC1CCN(c2cc(-c3cccnc3)[nH]n2)CC1)c1ccncc1. The Morgan fingerprint density at radius 1 is 1.15 bits per heavy atom. The summed E-state index contributed by atoms with van der Waals surface area (Å²) in [6, 6.07) is 9.47. The van der Waals surface area contributed by atoms with E-state index in [2.05, 4.69) is 36.4 Å². The Morgan fingerprint density at radius 2 is 1.96 bits per heavy atom. The number of nitrogens with zero attached hydrogens (tertiary/aromatic N) is 4. The van der Waals surface area contributed by atoms with Crippen molar-refractivity contribution in [1.29, 1.82) is 0 Å². The molecule has 4 rings (SSSR count). The van der Waals surface area contributed by atoms with E-state index in [0.717, 1.165) is 43.0 Å². The second-order valence-corrected chi connectivity index (χ2v) is 6.76. The standard InChI is InChI=1S/C20H22N6O/c27-20(16-3-8-21-9-4-16)23-13-15-5-10-26(11-6-15)19-12-18(24-25-19)17-2-1-7-22-14-17/h1-4,7-9,12,14-15H,5-6,10-11,13H2,(H,23,27)(H,24,25). The third kappa shape index (κ3) is 4.13. The van der Waals surface area contributed by atoms with Crippen LogP contribution in [-0.4, -0.2) is 45.7 Å². The predicted molar refractivity (Wildman–Crippen MR) is 103 cm³/mol. The number of hydrogen-bond acceptors (Lipinski definition) is 5. The van der Waals surface area contributed by atoms with Gasteiger partial charge >= 0.3 is 0 Å². The van der Waals surface area contributed by atoms with Crippen LogP contribution >= 0.6 is 0 Å². The van der Waals surface area contributed by atoms with Gasteiger partial charge in [0.2, 0.25) is 0 Å². The van der Waals surface area contributed by atoms with E-state index in [0.29, 0.717) is 18.0 Å². The molecule has 0 aliphatic carbocycles. The topological polar surface area (TPSA) is 86.8 Å². The lowest BCUT2D eigenvalue weighted by Crippen LogP contribution is -2.38. The molecule has 3 aromatic rings. The molecule has 3 aromatic heterocycles. The van der Waals surface area contributed by atoms with Crippen LogP contribution in [0.3, 0.4) is 0 Å². The lowest BCUT2D eigenvalue weighted by molar-refractivity contribution is 0.0945. The molecular formula is C20H22N6O. The van der Waals surface area contributed by atoms with Crippen molar-refractivity contribution in [3.8, 4) is 11.3 Å². The van der Waals surface area contributed by atoms with Gasteiger partial charge in [-0.05, 0) is 43.0 Å². The molecule has 7 heteroatoms. The zero-order valence-electron chi connectivity index (χ0n) is 15.0. The van der Waals surface area contributed by atoms with Crippen molar-refractivity contribution >= 4 is 11.7 Å². The summed E-state index contributed by atoms with van der Waals surface area (Å²) in [5.74, 6) is 1.42. The van der Waals surface area contributed by atoms with Gasteiger partial charge in [-0.1, -0.05) is 0 Å². The van der Waals surface area contributed by atoms with Gasteiger partial charge in [-0.15, -0.1) is 0 Å². The summed E-state index contributed by atoms with van der Waals surface area (Å²) < 4.78 is 0. The molecular weight excluding hydrogens is 340 g/mol. The number of piperidine rings is 1. The van der Waals surface area contributed by atoms with Crippen molar-refractivity contribution in [2.75, 3.05) is 24.5 Å². The van der Waals surface area contributed by atoms with Crippen LogP contribution in [0.5, 0.6) is 0 Å². The Morgan fingerprint density at radius 3 is 2.70 bits per heavy atom. The minimum absolute atomic E-state index is 0.0340. The Kier molecular flexibility index (Phi) is 5.09. The quantitative estimate of drug-likeness (QED) is 0.728. The second-order valence-electron chi connectivity index (χ2n) is 6.76. The third-order valence-electron chi connectivity index (χ3n) is 4.97. The number of carbonyl (C=O) groups is 1. The maximum atomic E-state index is 12.1. The van der Waals surface area contributed by atoms with Gasteiger partial charge in [-0.2, -0.15) is 5.10 Å². The zero-order chi connectivity index (χ0) is 18.5. The second kappa shape index (κ2) is 7.99. The maximum absolute atomic E-state index is 12.1. The average molecular weight is 362 g/mol. The van der Waals surface area contributed by atoms with Crippen LogP contribution in [0, 0.1) is 5.92 Å². The van der Waals surface area contributed by atoms with E-state index in [4.69, 9.17) is 0 Å². The number of anilines is 1. The number of amides is 1. The van der Waals surface area contributed by atoms with Gasteiger partial charge in [0.1, 0.15) is 0 Å².